The van der Waals surface area contributed by atoms with E-state index in [-0.39, 0.29) is 12.5 Å². The van der Waals surface area contributed by atoms with E-state index < -0.39 is 0 Å². The largest absolute Gasteiger partial charge is 0.395 e. The molecule has 0 saturated heterocycles. The van der Waals surface area contributed by atoms with Gasteiger partial charge in [0.1, 0.15) is 0 Å². The molecular weight excluding hydrogens is 312 g/mol. The number of rotatable bonds is 9. The number of carbonyl (C=O) groups is 1. The highest BCUT2D eigenvalue weighted by atomic mass is 16.3. The molecule has 0 spiro atoms. The van der Waals surface area contributed by atoms with Gasteiger partial charge in [0.25, 0.3) is 5.91 Å². The summed E-state index contributed by atoms with van der Waals surface area (Å²) in [6.45, 7) is 8.01. The number of nitrogens with zero attached hydrogens (tertiary/aromatic N) is 2. The molecule has 2 aromatic rings. The van der Waals surface area contributed by atoms with Gasteiger partial charge >= 0.3 is 0 Å². The molecule has 1 amide bonds. The first-order chi connectivity index (χ1) is 12.2. The number of hydrogen-bond donors (Lipinski definition) is 1. The maximum absolute atomic E-state index is 12.8. The Morgan fingerprint density at radius 2 is 1.48 bits per heavy atom. The lowest BCUT2D eigenvalue weighted by Crippen LogP contribution is -2.33. The minimum atomic E-state index is -0.0488. The van der Waals surface area contributed by atoms with Crippen LogP contribution in [0.5, 0.6) is 0 Å². The van der Waals surface area contributed by atoms with Crippen molar-refractivity contribution in [1.82, 2.24) is 9.80 Å². The molecule has 0 aliphatic heterocycles. The average Bonchev–Trinajstić information content (AvgIpc) is 2.66. The highest BCUT2D eigenvalue weighted by molar-refractivity contribution is 5.94. The molecule has 0 atom stereocenters. The molecule has 0 heterocycles. The van der Waals surface area contributed by atoms with Gasteiger partial charge in [-0.3, -0.25) is 9.69 Å². The Bertz CT molecular complexity index is 637. The first kappa shape index (κ1) is 19.2. The van der Waals surface area contributed by atoms with Crippen molar-refractivity contribution in [2.24, 2.45) is 0 Å². The third-order valence-corrected chi connectivity index (χ3v) is 4.37. The number of aliphatic hydroxyl groups is 1. The van der Waals surface area contributed by atoms with Gasteiger partial charge in [0.15, 0.2) is 0 Å². The van der Waals surface area contributed by atoms with Gasteiger partial charge in [-0.1, -0.05) is 56.3 Å². The van der Waals surface area contributed by atoms with Gasteiger partial charge < -0.3 is 10.0 Å². The Labute approximate surface area is 150 Å². The number of carbonyl (C=O) groups excluding carboxylic acids is 1. The van der Waals surface area contributed by atoms with Crippen LogP contribution in [0.1, 0.15) is 35.3 Å². The fourth-order valence-corrected chi connectivity index (χ4v) is 2.82. The molecule has 4 nitrogen and oxygen atoms in total. The molecule has 0 aliphatic rings. The fourth-order valence-electron chi connectivity index (χ4n) is 2.82. The second-order valence-corrected chi connectivity index (χ2v) is 6.09. The molecule has 0 aromatic heterocycles. The third-order valence-electron chi connectivity index (χ3n) is 4.37. The van der Waals surface area contributed by atoms with Crippen molar-refractivity contribution in [3.05, 3.63) is 71.3 Å². The minimum Gasteiger partial charge on any atom is -0.395 e. The van der Waals surface area contributed by atoms with Crippen molar-refractivity contribution in [1.29, 1.82) is 0 Å². The molecular formula is C21H28N2O2. The highest BCUT2D eigenvalue weighted by Crippen LogP contribution is 2.12. The van der Waals surface area contributed by atoms with Gasteiger partial charge in [-0.05, 0) is 36.3 Å². The monoisotopic (exact) mass is 340 g/mol. The van der Waals surface area contributed by atoms with Gasteiger partial charge in [-0.2, -0.15) is 0 Å². The van der Waals surface area contributed by atoms with Crippen LogP contribution >= 0.6 is 0 Å². The van der Waals surface area contributed by atoms with E-state index in [1.807, 2.05) is 54.6 Å². The van der Waals surface area contributed by atoms with E-state index >= 15 is 0 Å². The number of aliphatic hydroxyl groups excluding tert-OH is 1. The summed E-state index contributed by atoms with van der Waals surface area (Å²) in [5.74, 6) is -0.0488. The molecule has 2 aromatic carbocycles. The van der Waals surface area contributed by atoms with Gasteiger partial charge in [0.2, 0.25) is 0 Å². The van der Waals surface area contributed by atoms with Gasteiger partial charge in [0.05, 0.1) is 6.61 Å². The molecule has 0 bridgehead atoms. The van der Waals surface area contributed by atoms with Crippen molar-refractivity contribution in [3.63, 3.8) is 0 Å². The molecule has 25 heavy (non-hydrogen) atoms. The van der Waals surface area contributed by atoms with Crippen LogP contribution in [0.15, 0.2) is 54.6 Å². The summed E-state index contributed by atoms with van der Waals surface area (Å²) in [4.78, 5) is 16.8. The Hall–Kier alpha value is -2.17. The van der Waals surface area contributed by atoms with Crippen molar-refractivity contribution in [2.45, 2.75) is 26.9 Å². The van der Waals surface area contributed by atoms with E-state index in [0.29, 0.717) is 18.7 Å². The predicted molar refractivity (Wildman–Crippen MR) is 101 cm³/mol. The highest BCUT2D eigenvalue weighted by Gasteiger charge is 2.16. The lowest BCUT2D eigenvalue weighted by molar-refractivity contribution is 0.0708. The topological polar surface area (TPSA) is 43.8 Å². The normalized spacial score (nSPS) is 10.9. The smallest absolute Gasteiger partial charge is 0.254 e. The number of amides is 1. The fraction of sp³-hybridized carbons (Fsp3) is 0.381. The first-order valence-corrected chi connectivity index (χ1v) is 8.93. The van der Waals surface area contributed by atoms with E-state index in [1.54, 1.807) is 4.90 Å². The van der Waals surface area contributed by atoms with Crippen LogP contribution in [0.2, 0.25) is 0 Å². The summed E-state index contributed by atoms with van der Waals surface area (Å²) >= 11 is 0. The second-order valence-electron chi connectivity index (χ2n) is 6.09. The summed E-state index contributed by atoms with van der Waals surface area (Å²) in [5.41, 5.74) is 2.92. The molecule has 4 heteroatoms. The van der Waals surface area contributed by atoms with E-state index in [0.717, 1.165) is 25.2 Å². The van der Waals surface area contributed by atoms with E-state index in [4.69, 9.17) is 0 Å². The second kappa shape index (κ2) is 9.97. The maximum atomic E-state index is 12.8. The van der Waals surface area contributed by atoms with Crippen molar-refractivity contribution >= 4 is 5.91 Å². The Balaban J connectivity index is 2.08. The minimum absolute atomic E-state index is 0.0430. The van der Waals surface area contributed by atoms with Crippen molar-refractivity contribution in [2.75, 3.05) is 26.2 Å². The van der Waals surface area contributed by atoms with E-state index in [2.05, 4.69) is 18.7 Å². The van der Waals surface area contributed by atoms with Crippen LogP contribution in [0.25, 0.3) is 0 Å². The van der Waals surface area contributed by atoms with Gasteiger partial charge in [0, 0.05) is 25.2 Å². The zero-order chi connectivity index (χ0) is 18.1. The van der Waals surface area contributed by atoms with Crippen LogP contribution in [-0.2, 0) is 13.1 Å². The summed E-state index contributed by atoms with van der Waals surface area (Å²) in [6, 6.07) is 17.7. The molecule has 1 N–H and O–H groups in total. The molecule has 0 fully saturated rings. The molecule has 0 unspecified atom stereocenters. The summed E-state index contributed by atoms with van der Waals surface area (Å²) in [7, 11) is 0. The molecule has 0 saturated carbocycles. The summed E-state index contributed by atoms with van der Waals surface area (Å²) in [5, 5.41) is 9.31. The van der Waals surface area contributed by atoms with Crippen LogP contribution in [0.3, 0.4) is 0 Å². The van der Waals surface area contributed by atoms with Gasteiger partial charge in [-0.25, -0.2) is 0 Å². The Morgan fingerprint density at radius 3 is 2.04 bits per heavy atom. The van der Waals surface area contributed by atoms with Crippen molar-refractivity contribution < 1.29 is 9.90 Å². The molecule has 134 valence electrons. The van der Waals surface area contributed by atoms with Crippen LogP contribution < -0.4 is 0 Å². The zero-order valence-electron chi connectivity index (χ0n) is 15.2. The summed E-state index contributed by atoms with van der Waals surface area (Å²) < 4.78 is 0. The quantitative estimate of drug-likeness (QED) is 0.762. The summed E-state index contributed by atoms with van der Waals surface area (Å²) in [6.07, 6.45) is 0. The lowest BCUT2D eigenvalue weighted by atomic mass is 10.1. The Kier molecular flexibility index (Phi) is 7.64. The van der Waals surface area contributed by atoms with Crippen LogP contribution in [-0.4, -0.2) is 47.1 Å². The van der Waals surface area contributed by atoms with Crippen LogP contribution in [0.4, 0.5) is 0 Å². The SMILES string of the molecule is CCN(CC)Cc1ccc(C(=O)N(CCO)Cc2ccccc2)cc1. The standard InChI is InChI=1S/C21H28N2O2/c1-3-22(4-2)16-19-10-12-20(13-11-19)21(25)23(14-15-24)17-18-8-6-5-7-9-18/h5-13,24H,3-4,14-17H2,1-2H3. The number of hydrogen-bond acceptors (Lipinski definition) is 3. The molecule has 0 aliphatic carbocycles. The van der Waals surface area contributed by atoms with E-state index in [1.165, 1.54) is 5.56 Å². The van der Waals surface area contributed by atoms with E-state index in [9.17, 15) is 9.90 Å². The first-order valence-electron chi connectivity index (χ1n) is 8.93. The molecule has 2 rings (SSSR count). The average molecular weight is 340 g/mol. The van der Waals surface area contributed by atoms with Gasteiger partial charge in [-0.15, -0.1) is 0 Å². The zero-order valence-corrected chi connectivity index (χ0v) is 15.2. The van der Waals surface area contributed by atoms with Crippen molar-refractivity contribution in [3.8, 4) is 0 Å². The molecule has 0 radical (unpaired) electrons. The number of benzene rings is 2. The lowest BCUT2D eigenvalue weighted by Gasteiger charge is -2.22. The maximum Gasteiger partial charge on any atom is 0.254 e. The van der Waals surface area contributed by atoms with Crippen LogP contribution in [0, 0.1) is 0 Å². The third kappa shape index (κ3) is 5.69. The predicted octanol–water partition coefficient (Wildman–Crippen LogP) is 3.16. The Morgan fingerprint density at radius 1 is 0.880 bits per heavy atom.